The van der Waals surface area contributed by atoms with Crippen LogP contribution in [-0.2, 0) is 9.53 Å². The Balaban J connectivity index is 1.73. The Hall–Kier alpha value is -1.14. The van der Waals surface area contributed by atoms with Crippen LogP contribution in [0.2, 0.25) is 5.02 Å². The first kappa shape index (κ1) is 14.8. The number of nitrogens with zero attached hydrogens (tertiary/aromatic N) is 1. The van der Waals surface area contributed by atoms with Crippen molar-refractivity contribution in [1.82, 2.24) is 15.8 Å². The average Bonchev–Trinajstić information content (AvgIpc) is 2.91. The van der Waals surface area contributed by atoms with Gasteiger partial charge in [-0.25, -0.2) is 5.43 Å². The second-order valence-corrected chi connectivity index (χ2v) is 6.09. The first-order chi connectivity index (χ1) is 10.2. The highest BCUT2D eigenvalue weighted by Gasteiger charge is 2.41. The van der Waals surface area contributed by atoms with Crippen LogP contribution >= 0.6 is 11.6 Å². The standard InChI is InChI=1S/C15H20ClN3O2/c1-21-9-14(20)19-7-6-13-12(8-19)15(18-17-13)10-2-4-11(16)5-3-10/h2-5,12-13,15,17-18H,6-9H2,1H3. The molecule has 2 fully saturated rings. The first-order valence-electron chi connectivity index (χ1n) is 7.22. The van der Waals surface area contributed by atoms with Gasteiger partial charge >= 0.3 is 0 Å². The number of carbonyl (C=O) groups is 1. The molecule has 2 N–H and O–H groups in total. The van der Waals surface area contributed by atoms with Crippen LogP contribution in [0.4, 0.5) is 0 Å². The number of halogens is 1. The minimum absolute atomic E-state index is 0.0673. The molecule has 2 saturated heterocycles. The molecular formula is C15H20ClN3O2. The number of hydrazine groups is 1. The molecule has 3 atom stereocenters. The van der Waals surface area contributed by atoms with E-state index < -0.39 is 0 Å². The van der Waals surface area contributed by atoms with Crippen molar-refractivity contribution >= 4 is 17.5 Å². The number of benzene rings is 1. The van der Waals surface area contributed by atoms with Crippen LogP contribution in [0.15, 0.2) is 24.3 Å². The van der Waals surface area contributed by atoms with E-state index in [0.717, 1.165) is 24.5 Å². The van der Waals surface area contributed by atoms with E-state index in [9.17, 15) is 4.79 Å². The van der Waals surface area contributed by atoms with Gasteiger partial charge in [0.1, 0.15) is 6.61 Å². The van der Waals surface area contributed by atoms with Crippen LogP contribution in [0.25, 0.3) is 0 Å². The highest BCUT2D eigenvalue weighted by Crippen LogP contribution is 2.34. The molecule has 6 heteroatoms. The lowest BCUT2D eigenvalue weighted by atomic mass is 9.85. The predicted molar refractivity (Wildman–Crippen MR) is 80.8 cm³/mol. The maximum Gasteiger partial charge on any atom is 0.248 e. The van der Waals surface area contributed by atoms with Gasteiger partial charge < -0.3 is 9.64 Å². The van der Waals surface area contributed by atoms with E-state index in [0.29, 0.717) is 12.0 Å². The maximum absolute atomic E-state index is 12.0. The molecule has 0 saturated carbocycles. The van der Waals surface area contributed by atoms with Gasteiger partial charge in [-0.2, -0.15) is 0 Å². The van der Waals surface area contributed by atoms with Crippen molar-refractivity contribution in [1.29, 1.82) is 0 Å². The molecule has 0 aromatic heterocycles. The van der Waals surface area contributed by atoms with E-state index in [4.69, 9.17) is 16.3 Å². The van der Waals surface area contributed by atoms with Crippen LogP contribution in [0.1, 0.15) is 18.0 Å². The zero-order valence-electron chi connectivity index (χ0n) is 12.0. The maximum atomic E-state index is 12.0. The SMILES string of the molecule is COCC(=O)N1CCC2NNC(c3ccc(Cl)cc3)C2C1. The van der Waals surface area contributed by atoms with E-state index in [2.05, 4.69) is 10.9 Å². The third kappa shape index (κ3) is 3.06. The number of carbonyl (C=O) groups excluding carboxylic acids is 1. The lowest BCUT2D eigenvalue weighted by Gasteiger charge is -2.36. The highest BCUT2D eigenvalue weighted by atomic mass is 35.5. The Morgan fingerprint density at radius 1 is 1.38 bits per heavy atom. The Morgan fingerprint density at radius 3 is 2.86 bits per heavy atom. The first-order valence-corrected chi connectivity index (χ1v) is 7.60. The monoisotopic (exact) mass is 309 g/mol. The summed E-state index contributed by atoms with van der Waals surface area (Å²) in [4.78, 5) is 13.9. The second-order valence-electron chi connectivity index (χ2n) is 5.65. The van der Waals surface area contributed by atoms with Crippen molar-refractivity contribution < 1.29 is 9.53 Å². The van der Waals surface area contributed by atoms with Gasteiger partial charge in [-0.1, -0.05) is 23.7 Å². The summed E-state index contributed by atoms with van der Waals surface area (Å²) in [7, 11) is 1.56. The number of amides is 1. The summed E-state index contributed by atoms with van der Waals surface area (Å²) >= 11 is 5.95. The summed E-state index contributed by atoms with van der Waals surface area (Å²) in [5.74, 6) is 0.429. The quantitative estimate of drug-likeness (QED) is 0.885. The van der Waals surface area contributed by atoms with Gasteiger partial charge in [-0.3, -0.25) is 10.2 Å². The molecule has 2 aliphatic rings. The van der Waals surface area contributed by atoms with Crippen molar-refractivity contribution in [3.63, 3.8) is 0 Å². The van der Waals surface area contributed by atoms with Crippen molar-refractivity contribution in [2.24, 2.45) is 5.92 Å². The average molecular weight is 310 g/mol. The van der Waals surface area contributed by atoms with E-state index in [1.165, 1.54) is 5.56 Å². The molecule has 2 heterocycles. The van der Waals surface area contributed by atoms with Crippen molar-refractivity contribution in [3.05, 3.63) is 34.9 Å². The van der Waals surface area contributed by atoms with E-state index in [1.54, 1.807) is 7.11 Å². The van der Waals surface area contributed by atoms with E-state index >= 15 is 0 Å². The minimum Gasteiger partial charge on any atom is -0.375 e. The Morgan fingerprint density at radius 2 is 2.14 bits per heavy atom. The normalized spacial score (nSPS) is 28.5. The molecule has 0 aliphatic carbocycles. The molecule has 0 spiro atoms. The van der Waals surface area contributed by atoms with Gasteiger partial charge in [0.15, 0.2) is 0 Å². The minimum atomic E-state index is 0.0673. The summed E-state index contributed by atoms with van der Waals surface area (Å²) in [6, 6.07) is 8.49. The van der Waals surface area contributed by atoms with Gasteiger partial charge in [0.05, 0.1) is 6.04 Å². The second kappa shape index (κ2) is 6.32. The van der Waals surface area contributed by atoms with Gasteiger partial charge in [0.2, 0.25) is 5.91 Å². The van der Waals surface area contributed by atoms with Gasteiger partial charge in [-0.15, -0.1) is 0 Å². The summed E-state index contributed by atoms with van der Waals surface area (Å²) in [5.41, 5.74) is 7.92. The summed E-state index contributed by atoms with van der Waals surface area (Å²) < 4.78 is 4.96. The number of ether oxygens (including phenoxy) is 1. The van der Waals surface area contributed by atoms with E-state index in [-0.39, 0.29) is 18.6 Å². The lowest BCUT2D eigenvalue weighted by Crippen LogP contribution is -2.48. The summed E-state index contributed by atoms with van der Waals surface area (Å²) in [6.07, 6.45) is 0.956. The van der Waals surface area contributed by atoms with E-state index in [1.807, 2.05) is 29.2 Å². The fourth-order valence-electron chi connectivity index (χ4n) is 3.24. The highest BCUT2D eigenvalue weighted by molar-refractivity contribution is 6.30. The molecule has 3 unspecified atom stereocenters. The number of hydrogen-bond acceptors (Lipinski definition) is 4. The lowest BCUT2D eigenvalue weighted by molar-refractivity contribution is -0.137. The van der Waals surface area contributed by atoms with Crippen LogP contribution in [0.5, 0.6) is 0 Å². The van der Waals surface area contributed by atoms with Crippen LogP contribution in [0.3, 0.4) is 0 Å². The van der Waals surface area contributed by atoms with Crippen LogP contribution < -0.4 is 10.9 Å². The molecule has 0 bridgehead atoms. The Bertz CT molecular complexity index is 508. The zero-order valence-corrected chi connectivity index (χ0v) is 12.8. The number of methoxy groups -OCH3 is 1. The molecule has 1 amide bonds. The van der Waals surface area contributed by atoms with Crippen molar-refractivity contribution in [3.8, 4) is 0 Å². The molecule has 0 radical (unpaired) electrons. The smallest absolute Gasteiger partial charge is 0.248 e. The van der Waals surface area contributed by atoms with Crippen molar-refractivity contribution in [2.75, 3.05) is 26.8 Å². The summed E-state index contributed by atoms with van der Waals surface area (Å²) in [6.45, 7) is 1.69. The Kier molecular flexibility index (Phi) is 4.45. The number of hydrogen-bond donors (Lipinski definition) is 2. The third-order valence-corrected chi connectivity index (χ3v) is 4.61. The van der Waals surface area contributed by atoms with Gasteiger partial charge in [-0.05, 0) is 24.1 Å². The summed E-state index contributed by atoms with van der Waals surface area (Å²) in [5, 5.41) is 0.738. The van der Waals surface area contributed by atoms with Gasteiger partial charge in [0, 0.05) is 37.2 Å². The predicted octanol–water partition coefficient (Wildman–Crippen LogP) is 1.35. The third-order valence-electron chi connectivity index (χ3n) is 4.36. The number of nitrogens with one attached hydrogen (secondary N) is 2. The number of rotatable bonds is 3. The molecule has 21 heavy (non-hydrogen) atoms. The number of likely N-dealkylation sites (tertiary alicyclic amines) is 1. The fourth-order valence-corrected chi connectivity index (χ4v) is 3.37. The molecule has 5 nitrogen and oxygen atoms in total. The molecule has 3 rings (SSSR count). The van der Waals surface area contributed by atoms with Crippen LogP contribution in [0, 0.1) is 5.92 Å². The molecule has 1 aromatic carbocycles. The number of fused-ring (bicyclic) bond motifs is 1. The fraction of sp³-hybridized carbons (Fsp3) is 0.533. The largest absolute Gasteiger partial charge is 0.375 e. The van der Waals surface area contributed by atoms with Gasteiger partial charge in [0.25, 0.3) is 0 Å². The topological polar surface area (TPSA) is 53.6 Å². The van der Waals surface area contributed by atoms with Crippen LogP contribution in [-0.4, -0.2) is 43.7 Å². The van der Waals surface area contributed by atoms with Crippen molar-refractivity contribution in [2.45, 2.75) is 18.5 Å². The molecule has 1 aromatic rings. The Labute approximate surface area is 129 Å². The molecular weight excluding hydrogens is 290 g/mol. The molecule has 2 aliphatic heterocycles. The number of piperidine rings is 1. The molecule has 114 valence electrons. The zero-order chi connectivity index (χ0) is 14.8.